The number of ether oxygens (including phenoxy) is 1. The summed E-state index contributed by atoms with van der Waals surface area (Å²) in [6.07, 6.45) is 0. The van der Waals surface area contributed by atoms with Crippen molar-refractivity contribution in [3.8, 4) is 0 Å². The van der Waals surface area contributed by atoms with E-state index in [0.29, 0.717) is 0 Å². The highest BCUT2D eigenvalue weighted by atomic mass is 32.2. The van der Waals surface area contributed by atoms with E-state index in [1.54, 1.807) is 6.92 Å². The van der Waals surface area contributed by atoms with Gasteiger partial charge in [0.05, 0.1) is 11.8 Å². The molecule has 0 saturated heterocycles. The minimum Gasteiger partial charge on any atom is -0.455 e. The number of benzene rings is 2. The van der Waals surface area contributed by atoms with Crippen molar-refractivity contribution in [2.45, 2.75) is 31.7 Å². The van der Waals surface area contributed by atoms with Gasteiger partial charge in [-0.05, 0) is 38.5 Å². The summed E-state index contributed by atoms with van der Waals surface area (Å²) in [5, 5.41) is 2.52. The minimum atomic E-state index is -0.746. The second-order valence-electron chi connectivity index (χ2n) is 6.17. The molecule has 27 heavy (non-hydrogen) atoms. The molecule has 1 atom stereocenters. The van der Waals surface area contributed by atoms with Crippen molar-refractivity contribution >= 4 is 23.6 Å². The summed E-state index contributed by atoms with van der Waals surface area (Å²) >= 11 is 1.34. The summed E-state index contributed by atoms with van der Waals surface area (Å²) in [7, 11) is 0. The largest absolute Gasteiger partial charge is 0.455 e. The van der Waals surface area contributed by atoms with Crippen molar-refractivity contribution in [1.82, 2.24) is 5.32 Å². The van der Waals surface area contributed by atoms with Gasteiger partial charge in [0.25, 0.3) is 5.91 Å². The first kappa shape index (κ1) is 20.9. The number of thioether (sulfide) groups is 1. The molecule has 0 aliphatic heterocycles. The molecule has 0 aliphatic rings. The highest BCUT2D eigenvalue weighted by molar-refractivity contribution is 8.00. The molecule has 2 aromatic rings. The third-order valence-electron chi connectivity index (χ3n) is 3.85. The lowest BCUT2D eigenvalue weighted by Gasteiger charge is -2.15. The third kappa shape index (κ3) is 6.36. The number of carbonyl (C=O) groups is 2. The van der Waals surface area contributed by atoms with Crippen molar-refractivity contribution in [2.75, 3.05) is 12.4 Å². The fourth-order valence-corrected chi connectivity index (χ4v) is 3.31. The quantitative estimate of drug-likeness (QED) is 0.569. The summed E-state index contributed by atoms with van der Waals surface area (Å²) in [5.74, 6) is -2.43. The number of hydrogen-bond acceptors (Lipinski definition) is 4. The number of halogens is 2. The van der Waals surface area contributed by atoms with Crippen molar-refractivity contribution < 1.29 is 23.1 Å². The summed E-state index contributed by atoms with van der Waals surface area (Å²) in [6, 6.07) is 8.38. The molecule has 4 nitrogen and oxygen atoms in total. The zero-order valence-corrected chi connectivity index (χ0v) is 16.2. The average molecular weight is 393 g/mol. The number of esters is 1. The smallest absolute Gasteiger partial charge is 0.316 e. The molecular weight excluding hydrogens is 372 g/mol. The molecule has 1 amide bonds. The Morgan fingerprint density at radius 2 is 1.89 bits per heavy atom. The predicted molar refractivity (Wildman–Crippen MR) is 101 cm³/mol. The molecule has 7 heteroatoms. The maximum atomic E-state index is 13.7. The van der Waals surface area contributed by atoms with Gasteiger partial charge in [0, 0.05) is 16.5 Å². The number of nitrogens with one attached hydrogen (secondary N) is 1. The first-order chi connectivity index (χ1) is 12.8. The Labute approximate surface area is 161 Å². The van der Waals surface area contributed by atoms with Crippen LogP contribution in [0.2, 0.25) is 0 Å². The standard InChI is InChI=1S/C20H21F2NO3S/c1-12-4-7-18(13(2)8-12)27-11-20(25)26-10-19(24)23-14(3)16-6-5-15(21)9-17(16)22/h4-9,14H,10-11H2,1-3H3,(H,23,24)/t14-/m1/s1. The summed E-state index contributed by atoms with van der Waals surface area (Å²) in [5.41, 5.74) is 2.37. The number of aryl methyl sites for hydroxylation is 2. The fraction of sp³-hybridized carbons (Fsp3) is 0.300. The van der Waals surface area contributed by atoms with E-state index in [1.165, 1.54) is 17.8 Å². The molecule has 1 N–H and O–H groups in total. The monoisotopic (exact) mass is 393 g/mol. The molecule has 144 valence electrons. The predicted octanol–water partition coefficient (Wildman–Crippen LogP) is 4.09. The lowest BCUT2D eigenvalue weighted by molar-refractivity contribution is -0.146. The third-order valence-corrected chi connectivity index (χ3v) is 5.00. The van der Waals surface area contributed by atoms with Gasteiger partial charge < -0.3 is 10.1 Å². The number of amides is 1. The van der Waals surface area contributed by atoms with Gasteiger partial charge >= 0.3 is 5.97 Å². The van der Waals surface area contributed by atoms with E-state index >= 15 is 0 Å². The Bertz CT molecular complexity index is 842. The normalized spacial score (nSPS) is 11.7. The van der Waals surface area contributed by atoms with Crippen LogP contribution in [0.15, 0.2) is 41.3 Å². The van der Waals surface area contributed by atoms with Crippen LogP contribution in [0.4, 0.5) is 8.78 Å². The van der Waals surface area contributed by atoms with Crippen LogP contribution >= 0.6 is 11.8 Å². The molecule has 0 saturated carbocycles. The Morgan fingerprint density at radius 1 is 1.15 bits per heavy atom. The Morgan fingerprint density at radius 3 is 2.56 bits per heavy atom. The van der Waals surface area contributed by atoms with E-state index in [4.69, 9.17) is 4.74 Å². The van der Waals surface area contributed by atoms with Gasteiger partial charge in [-0.3, -0.25) is 9.59 Å². The van der Waals surface area contributed by atoms with Crippen molar-refractivity contribution in [3.05, 3.63) is 64.7 Å². The second-order valence-corrected chi connectivity index (χ2v) is 7.19. The zero-order chi connectivity index (χ0) is 20.0. The van der Waals surface area contributed by atoms with E-state index in [9.17, 15) is 18.4 Å². The molecule has 0 bridgehead atoms. The molecule has 0 fully saturated rings. The van der Waals surface area contributed by atoms with Crippen LogP contribution in [0.3, 0.4) is 0 Å². The van der Waals surface area contributed by atoms with Crippen molar-refractivity contribution in [1.29, 1.82) is 0 Å². The van der Waals surface area contributed by atoms with E-state index in [2.05, 4.69) is 5.32 Å². The van der Waals surface area contributed by atoms with Crippen LogP contribution in [0, 0.1) is 25.5 Å². The molecular formula is C20H21F2NO3S. The first-order valence-electron chi connectivity index (χ1n) is 8.36. The Hall–Kier alpha value is -2.41. The number of rotatable bonds is 7. The fourth-order valence-electron chi connectivity index (χ4n) is 2.50. The van der Waals surface area contributed by atoms with Gasteiger partial charge in [0.2, 0.25) is 0 Å². The SMILES string of the molecule is Cc1ccc(SCC(=O)OCC(=O)N[C@H](C)c2ccc(F)cc2F)c(C)c1. The second kappa shape index (κ2) is 9.50. The van der Waals surface area contributed by atoms with E-state index in [0.717, 1.165) is 28.2 Å². The van der Waals surface area contributed by atoms with Gasteiger partial charge in [-0.25, -0.2) is 8.78 Å². The Balaban J connectivity index is 1.78. The van der Waals surface area contributed by atoms with Crippen LogP contribution in [-0.2, 0) is 14.3 Å². The lowest BCUT2D eigenvalue weighted by atomic mass is 10.1. The molecule has 0 unspecified atom stereocenters. The van der Waals surface area contributed by atoms with E-state index < -0.39 is 36.2 Å². The van der Waals surface area contributed by atoms with Crippen molar-refractivity contribution in [2.24, 2.45) is 0 Å². The molecule has 0 heterocycles. The molecule has 0 spiro atoms. The number of hydrogen-bond donors (Lipinski definition) is 1. The van der Waals surface area contributed by atoms with Gasteiger partial charge in [-0.15, -0.1) is 11.8 Å². The highest BCUT2D eigenvalue weighted by Crippen LogP contribution is 2.23. The van der Waals surface area contributed by atoms with Crippen LogP contribution in [0.25, 0.3) is 0 Å². The minimum absolute atomic E-state index is 0.0827. The van der Waals surface area contributed by atoms with Crippen LogP contribution < -0.4 is 5.32 Å². The lowest BCUT2D eigenvalue weighted by Crippen LogP contribution is -2.31. The average Bonchev–Trinajstić information content (AvgIpc) is 2.59. The molecule has 0 aliphatic carbocycles. The van der Waals surface area contributed by atoms with Gasteiger partial charge in [0.15, 0.2) is 6.61 Å². The summed E-state index contributed by atoms with van der Waals surface area (Å²) in [6.45, 7) is 5.06. The zero-order valence-electron chi connectivity index (χ0n) is 15.3. The van der Waals surface area contributed by atoms with Crippen LogP contribution in [0.5, 0.6) is 0 Å². The molecule has 2 aromatic carbocycles. The summed E-state index contributed by atoms with van der Waals surface area (Å²) in [4.78, 5) is 24.7. The molecule has 0 radical (unpaired) electrons. The van der Waals surface area contributed by atoms with E-state index in [1.807, 2.05) is 32.0 Å². The topological polar surface area (TPSA) is 55.4 Å². The Kier molecular flexibility index (Phi) is 7.36. The van der Waals surface area contributed by atoms with E-state index in [-0.39, 0.29) is 11.3 Å². The molecule has 2 rings (SSSR count). The van der Waals surface area contributed by atoms with Crippen LogP contribution in [-0.4, -0.2) is 24.2 Å². The maximum Gasteiger partial charge on any atom is 0.316 e. The van der Waals surface area contributed by atoms with Gasteiger partial charge in [-0.1, -0.05) is 23.8 Å². The van der Waals surface area contributed by atoms with Gasteiger partial charge in [0.1, 0.15) is 11.6 Å². The van der Waals surface area contributed by atoms with Gasteiger partial charge in [-0.2, -0.15) is 0 Å². The van der Waals surface area contributed by atoms with Crippen LogP contribution in [0.1, 0.15) is 29.7 Å². The molecule has 0 aromatic heterocycles. The highest BCUT2D eigenvalue weighted by Gasteiger charge is 2.15. The van der Waals surface area contributed by atoms with Crippen molar-refractivity contribution in [3.63, 3.8) is 0 Å². The first-order valence-corrected chi connectivity index (χ1v) is 9.35. The number of carbonyl (C=O) groups excluding carboxylic acids is 2. The maximum absolute atomic E-state index is 13.7. The summed E-state index contributed by atoms with van der Waals surface area (Å²) < 4.78 is 31.6.